The fourth-order valence-corrected chi connectivity index (χ4v) is 2.95. The molecule has 5 nitrogen and oxygen atoms in total. The largest absolute Gasteiger partial charge is 0.481 e. The van der Waals surface area contributed by atoms with E-state index in [-0.39, 0.29) is 12.6 Å². The van der Waals surface area contributed by atoms with Gasteiger partial charge in [-0.15, -0.1) is 6.42 Å². The molecule has 1 fully saturated rings. The van der Waals surface area contributed by atoms with Gasteiger partial charge in [-0.25, -0.2) is 4.79 Å². The lowest BCUT2D eigenvalue weighted by molar-refractivity contribution is 0.131. The van der Waals surface area contributed by atoms with E-state index in [1.807, 2.05) is 29.2 Å². The van der Waals surface area contributed by atoms with Crippen molar-refractivity contribution < 1.29 is 9.53 Å². The van der Waals surface area contributed by atoms with Gasteiger partial charge in [0.05, 0.1) is 0 Å². The Hall–Kier alpha value is -2.19. The maximum absolute atomic E-state index is 12.2. The molecule has 0 spiro atoms. The molecule has 1 aliphatic rings. The summed E-state index contributed by atoms with van der Waals surface area (Å²) in [5.41, 5.74) is 1.16. The molecule has 2 rings (SSSR count). The molecule has 0 aliphatic carbocycles. The van der Waals surface area contributed by atoms with E-state index >= 15 is 0 Å². The number of nitrogens with zero attached hydrogens (tertiary/aromatic N) is 2. The summed E-state index contributed by atoms with van der Waals surface area (Å²) < 4.78 is 5.35. The molecule has 1 aliphatic heterocycles. The van der Waals surface area contributed by atoms with Gasteiger partial charge in [0, 0.05) is 39.3 Å². The normalized spacial score (nSPS) is 15.0. The van der Waals surface area contributed by atoms with Crippen LogP contribution in [0.3, 0.4) is 0 Å². The van der Waals surface area contributed by atoms with Crippen LogP contribution in [0.25, 0.3) is 0 Å². The molecule has 0 radical (unpaired) electrons. The lowest BCUT2D eigenvalue weighted by Gasteiger charge is -2.35. The Labute approximate surface area is 151 Å². The van der Waals surface area contributed by atoms with E-state index in [1.54, 1.807) is 0 Å². The summed E-state index contributed by atoms with van der Waals surface area (Å²) in [6, 6.07) is 7.86. The number of benzene rings is 1. The van der Waals surface area contributed by atoms with Crippen LogP contribution in [0.5, 0.6) is 5.75 Å². The number of ether oxygens (including phenoxy) is 1. The minimum atomic E-state index is 0.0400. The summed E-state index contributed by atoms with van der Waals surface area (Å²) in [4.78, 5) is 16.6. The van der Waals surface area contributed by atoms with Crippen LogP contribution < -0.4 is 10.1 Å². The summed E-state index contributed by atoms with van der Waals surface area (Å²) in [5.74, 6) is 3.88. The number of nitrogens with one attached hydrogen (secondary N) is 1. The zero-order chi connectivity index (χ0) is 18.1. The Morgan fingerprint density at radius 3 is 2.52 bits per heavy atom. The number of carbonyl (C=O) groups excluding carboxylic acids is 1. The first-order valence-electron chi connectivity index (χ1n) is 8.99. The minimum Gasteiger partial charge on any atom is -0.481 e. The van der Waals surface area contributed by atoms with Crippen molar-refractivity contribution in [2.45, 2.75) is 20.3 Å². The first-order valence-corrected chi connectivity index (χ1v) is 8.99. The van der Waals surface area contributed by atoms with Gasteiger partial charge in [-0.05, 0) is 30.0 Å². The van der Waals surface area contributed by atoms with Crippen molar-refractivity contribution in [3.05, 3.63) is 29.8 Å². The molecule has 0 bridgehead atoms. The van der Waals surface area contributed by atoms with Crippen molar-refractivity contribution in [1.29, 1.82) is 0 Å². The Balaban J connectivity index is 1.66. The van der Waals surface area contributed by atoms with E-state index < -0.39 is 0 Å². The van der Waals surface area contributed by atoms with Crippen LogP contribution in [-0.2, 0) is 6.42 Å². The Morgan fingerprint density at radius 2 is 1.92 bits per heavy atom. The Bertz CT molecular complexity index is 570. The zero-order valence-corrected chi connectivity index (χ0v) is 15.3. The van der Waals surface area contributed by atoms with Gasteiger partial charge in [0.25, 0.3) is 0 Å². The number of hydrogen-bond donors (Lipinski definition) is 1. The molecule has 1 saturated heterocycles. The van der Waals surface area contributed by atoms with Gasteiger partial charge >= 0.3 is 6.03 Å². The average molecular weight is 343 g/mol. The smallest absolute Gasteiger partial charge is 0.317 e. The highest BCUT2D eigenvalue weighted by Crippen LogP contribution is 2.12. The number of urea groups is 1. The number of rotatable bonds is 7. The van der Waals surface area contributed by atoms with Gasteiger partial charge in [0.15, 0.2) is 0 Å². The van der Waals surface area contributed by atoms with E-state index in [2.05, 4.69) is 30.0 Å². The van der Waals surface area contributed by atoms with Crippen molar-refractivity contribution in [1.82, 2.24) is 15.1 Å². The molecule has 25 heavy (non-hydrogen) atoms. The van der Waals surface area contributed by atoms with Crippen molar-refractivity contribution in [2.75, 3.05) is 45.9 Å². The van der Waals surface area contributed by atoms with E-state index in [0.717, 1.165) is 50.5 Å². The first kappa shape index (κ1) is 19.1. The maximum atomic E-state index is 12.2. The van der Waals surface area contributed by atoms with Crippen LogP contribution in [0.4, 0.5) is 4.79 Å². The fourth-order valence-electron chi connectivity index (χ4n) is 2.95. The molecule has 1 N–H and O–H groups in total. The van der Waals surface area contributed by atoms with Crippen molar-refractivity contribution in [3.8, 4) is 18.1 Å². The predicted molar refractivity (Wildman–Crippen MR) is 101 cm³/mol. The van der Waals surface area contributed by atoms with Crippen LogP contribution in [0.15, 0.2) is 24.3 Å². The first-order chi connectivity index (χ1) is 12.1. The third kappa shape index (κ3) is 6.67. The second kappa shape index (κ2) is 9.95. The second-order valence-corrected chi connectivity index (χ2v) is 6.80. The van der Waals surface area contributed by atoms with Gasteiger partial charge in [-0.2, -0.15) is 0 Å². The lowest BCUT2D eigenvalue weighted by Crippen LogP contribution is -2.52. The zero-order valence-electron chi connectivity index (χ0n) is 15.3. The highest BCUT2D eigenvalue weighted by Gasteiger charge is 2.20. The average Bonchev–Trinajstić information content (AvgIpc) is 2.61. The molecule has 0 atom stereocenters. The number of carbonyl (C=O) groups is 1. The summed E-state index contributed by atoms with van der Waals surface area (Å²) >= 11 is 0. The second-order valence-electron chi connectivity index (χ2n) is 6.80. The summed E-state index contributed by atoms with van der Waals surface area (Å²) in [6.07, 6.45) is 5.97. The Kier molecular flexibility index (Phi) is 7.62. The topological polar surface area (TPSA) is 44.8 Å². The number of piperazine rings is 1. The number of terminal acetylenes is 1. The van der Waals surface area contributed by atoms with E-state index in [9.17, 15) is 4.79 Å². The van der Waals surface area contributed by atoms with Gasteiger partial charge in [0.1, 0.15) is 12.4 Å². The fraction of sp³-hybridized carbons (Fsp3) is 0.550. The molecule has 5 heteroatoms. The van der Waals surface area contributed by atoms with Gasteiger partial charge in [0.2, 0.25) is 0 Å². The van der Waals surface area contributed by atoms with Crippen molar-refractivity contribution in [2.24, 2.45) is 5.92 Å². The minimum absolute atomic E-state index is 0.0400. The molecule has 0 aromatic heterocycles. The van der Waals surface area contributed by atoms with Crippen LogP contribution in [-0.4, -0.2) is 61.7 Å². The van der Waals surface area contributed by atoms with Gasteiger partial charge in [-0.3, -0.25) is 4.90 Å². The molecule has 2 amide bonds. The quantitative estimate of drug-likeness (QED) is 0.772. The van der Waals surface area contributed by atoms with Gasteiger partial charge in [-0.1, -0.05) is 31.9 Å². The van der Waals surface area contributed by atoms with Crippen LogP contribution >= 0.6 is 0 Å². The molecule has 1 heterocycles. The third-order valence-electron chi connectivity index (χ3n) is 4.22. The highest BCUT2D eigenvalue weighted by atomic mass is 16.5. The lowest BCUT2D eigenvalue weighted by atomic mass is 10.1. The maximum Gasteiger partial charge on any atom is 0.317 e. The Morgan fingerprint density at radius 1 is 1.24 bits per heavy atom. The number of hydrogen-bond acceptors (Lipinski definition) is 3. The summed E-state index contributed by atoms with van der Waals surface area (Å²) in [5, 5.41) is 3.02. The summed E-state index contributed by atoms with van der Waals surface area (Å²) in [7, 11) is 0. The van der Waals surface area contributed by atoms with Crippen LogP contribution in [0, 0.1) is 18.3 Å². The molecular formula is C20H29N3O2. The summed E-state index contributed by atoms with van der Waals surface area (Å²) in [6.45, 7) is 10.0. The van der Waals surface area contributed by atoms with Crippen LogP contribution in [0.1, 0.15) is 19.4 Å². The monoisotopic (exact) mass is 343 g/mol. The molecular weight excluding hydrogens is 314 g/mol. The molecule has 0 saturated carbocycles. The molecule has 136 valence electrons. The number of amides is 2. The predicted octanol–water partition coefficient (Wildman–Crippen LogP) is 2.22. The van der Waals surface area contributed by atoms with E-state index in [4.69, 9.17) is 11.2 Å². The van der Waals surface area contributed by atoms with Crippen LogP contribution in [0.2, 0.25) is 0 Å². The highest BCUT2D eigenvalue weighted by molar-refractivity contribution is 5.74. The van der Waals surface area contributed by atoms with Crippen molar-refractivity contribution >= 4 is 6.03 Å². The third-order valence-corrected chi connectivity index (χ3v) is 4.22. The van der Waals surface area contributed by atoms with Gasteiger partial charge < -0.3 is 15.0 Å². The van der Waals surface area contributed by atoms with Crippen molar-refractivity contribution in [3.63, 3.8) is 0 Å². The standard InChI is InChI=1S/C20H29N3O2/c1-4-15-25-19-7-5-18(6-8-19)9-10-21-20(24)23-13-11-22(12-14-23)16-17(2)3/h1,5-8,17H,9-16H2,2-3H3,(H,21,24). The molecule has 1 aromatic rings. The molecule has 0 unspecified atom stereocenters. The molecule has 1 aromatic carbocycles. The SMILES string of the molecule is C#CCOc1ccc(CCNC(=O)N2CCN(CC(C)C)CC2)cc1. The van der Waals surface area contributed by atoms with E-state index in [1.165, 1.54) is 0 Å². The van der Waals surface area contributed by atoms with E-state index in [0.29, 0.717) is 12.5 Å².